The number of ether oxygens (including phenoxy) is 1. The first-order valence-corrected chi connectivity index (χ1v) is 6.71. The number of rotatable bonds is 3. The highest BCUT2D eigenvalue weighted by Crippen LogP contribution is 2.23. The summed E-state index contributed by atoms with van der Waals surface area (Å²) in [7, 11) is 1.36. The van der Waals surface area contributed by atoms with Crippen LogP contribution in [0.15, 0.2) is 5.38 Å². The first kappa shape index (κ1) is 10.8. The Hall–Kier alpha value is -0.750. The predicted molar refractivity (Wildman–Crippen MR) is 62.8 cm³/mol. The van der Waals surface area contributed by atoms with Gasteiger partial charge in [0, 0.05) is 17.2 Å². The third-order valence-corrected chi connectivity index (χ3v) is 4.09. The number of carbonyl (C=O) groups excluding carboxylic acids is 1. The second-order valence-electron chi connectivity index (χ2n) is 3.23. The summed E-state index contributed by atoms with van der Waals surface area (Å²) in [6, 6.07) is 0.492. The number of methoxy groups -OCH3 is 1. The van der Waals surface area contributed by atoms with Crippen molar-refractivity contribution in [2.75, 3.05) is 23.9 Å². The second kappa shape index (κ2) is 4.85. The number of esters is 1. The van der Waals surface area contributed by atoms with Crippen LogP contribution in [-0.2, 0) is 4.74 Å². The van der Waals surface area contributed by atoms with Gasteiger partial charge in [-0.15, -0.1) is 11.3 Å². The van der Waals surface area contributed by atoms with E-state index < -0.39 is 0 Å². The Balaban J connectivity index is 1.97. The molecule has 6 heteroatoms. The van der Waals surface area contributed by atoms with Crippen molar-refractivity contribution in [3.8, 4) is 0 Å². The van der Waals surface area contributed by atoms with Gasteiger partial charge in [0.2, 0.25) is 0 Å². The molecule has 4 nitrogen and oxygen atoms in total. The fourth-order valence-electron chi connectivity index (χ4n) is 1.36. The topological polar surface area (TPSA) is 51.2 Å². The Morgan fingerprint density at radius 3 is 3.27 bits per heavy atom. The Labute approximate surface area is 96.4 Å². The number of aromatic nitrogens is 1. The third kappa shape index (κ3) is 2.63. The van der Waals surface area contributed by atoms with E-state index in [4.69, 9.17) is 0 Å². The van der Waals surface area contributed by atoms with E-state index in [1.165, 1.54) is 24.2 Å². The Morgan fingerprint density at radius 2 is 2.60 bits per heavy atom. The molecule has 0 bridgehead atoms. The normalized spacial score (nSPS) is 20.2. The summed E-state index contributed by atoms with van der Waals surface area (Å²) in [5.74, 6) is 1.94. The lowest BCUT2D eigenvalue weighted by molar-refractivity contribution is 0.0595. The number of hydrogen-bond acceptors (Lipinski definition) is 6. The average Bonchev–Trinajstić information content (AvgIpc) is 2.88. The van der Waals surface area contributed by atoms with Crippen LogP contribution in [0.3, 0.4) is 0 Å². The Bertz CT molecular complexity index is 348. The number of anilines is 1. The van der Waals surface area contributed by atoms with Crippen LogP contribution in [0.1, 0.15) is 16.9 Å². The van der Waals surface area contributed by atoms with Crippen molar-refractivity contribution >= 4 is 34.2 Å². The fourth-order valence-corrected chi connectivity index (χ4v) is 3.27. The number of nitrogens with zero attached hydrogens (tertiary/aromatic N) is 1. The van der Waals surface area contributed by atoms with Crippen LogP contribution in [0, 0.1) is 0 Å². The van der Waals surface area contributed by atoms with Crippen LogP contribution in [0.25, 0.3) is 0 Å². The van der Waals surface area contributed by atoms with Gasteiger partial charge in [-0.1, -0.05) is 0 Å². The number of thioether (sulfide) groups is 1. The molecule has 0 amide bonds. The number of nitrogens with one attached hydrogen (secondary N) is 1. The van der Waals surface area contributed by atoms with E-state index in [9.17, 15) is 4.79 Å². The van der Waals surface area contributed by atoms with Crippen molar-refractivity contribution < 1.29 is 9.53 Å². The zero-order valence-electron chi connectivity index (χ0n) is 8.36. The summed E-state index contributed by atoms with van der Waals surface area (Å²) in [6.07, 6.45) is 1.16. The molecule has 15 heavy (non-hydrogen) atoms. The van der Waals surface area contributed by atoms with Gasteiger partial charge in [-0.25, -0.2) is 9.78 Å². The summed E-state index contributed by atoms with van der Waals surface area (Å²) in [5.41, 5.74) is 0.385. The molecule has 0 saturated carbocycles. The van der Waals surface area contributed by atoms with E-state index in [-0.39, 0.29) is 5.97 Å². The summed E-state index contributed by atoms with van der Waals surface area (Å²) < 4.78 is 4.59. The number of thiazole rings is 1. The lowest BCUT2D eigenvalue weighted by Gasteiger charge is -2.08. The highest BCUT2D eigenvalue weighted by Gasteiger charge is 2.17. The van der Waals surface area contributed by atoms with Crippen molar-refractivity contribution in [2.45, 2.75) is 12.5 Å². The summed E-state index contributed by atoms with van der Waals surface area (Å²) in [4.78, 5) is 15.3. The maximum atomic E-state index is 11.2. The van der Waals surface area contributed by atoms with E-state index >= 15 is 0 Å². The van der Waals surface area contributed by atoms with Crippen molar-refractivity contribution in [3.05, 3.63) is 11.1 Å². The van der Waals surface area contributed by atoms with Gasteiger partial charge in [0.25, 0.3) is 0 Å². The van der Waals surface area contributed by atoms with E-state index in [0.717, 1.165) is 17.3 Å². The van der Waals surface area contributed by atoms with Crippen LogP contribution in [0.4, 0.5) is 5.13 Å². The fraction of sp³-hybridized carbons (Fsp3) is 0.556. The van der Waals surface area contributed by atoms with Crippen molar-refractivity contribution in [3.63, 3.8) is 0 Å². The van der Waals surface area contributed by atoms with Gasteiger partial charge in [-0.05, 0) is 12.2 Å². The summed E-state index contributed by atoms with van der Waals surface area (Å²) in [6.45, 7) is 0. The minimum Gasteiger partial charge on any atom is -0.464 e. The molecule has 2 rings (SSSR count). The molecular formula is C9H12N2O2S2. The van der Waals surface area contributed by atoms with E-state index in [0.29, 0.717) is 11.7 Å². The molecule has 1 atom stereocenters. The van der Waals surface area contributed by atoms with Gasteiger partial charge in [-0.2, -0.15) is 11.8 Å². The van der Waals surface area contributed by atoms with Crippen molar-refractivity contribution in [1.29, 1.82) is 0 Å². The summed E-state index contributed by atoms with van der Waals surface area (Å²) >= 11 is 3.39. The van der Waals surface area contributed by atoms with Crippen LogP contribution in [0.2, 0.25) is 0 Å². The minimum absolute atomic E-state index is 0.375. The SMILES string of the molecule is COC(=O)c1csc(NC2CCSC2)n1. The highest BCUT2D eigenvalue weighted by atomic mass is 32.2. The quantitative estimate of drug-likeness (QED) is 0.822. The maximum Gasteiger partial charge on any atom is 0.357 e. The lowest BCUT2D eigenvalue weighted by atomic mass is 10.3. The molecule has 0 aliphatic carbocycles. The second-order valence-corrected chi connectivity index (χ2v) is 5.24. The van der Waals surface area contributed by atoms with Gasteiger partial charge < -0.3 is 10.1 Å². The molecular weight excluding hydrogens is 232 g/mol. The van der Waals surface area contributed by atoms with Crippen LogP contribution >= 0.6 is 23.1 Å². The predicted octanol–water partition coefficient (Wildman–Crippen LogP) is 1.85. The zero-order valence-corrected chi connectivity index (χ0v) is 9.99. The maximum absolute atomic E-state index is 11.2. The molecule has 2 heterocycles. The van der Waals surface area contributed by atoms with Crippen LogP contribution in [0.5, 0.6) is 0 Å². The molecule has 1 saturated heterocycles. The smallest absolute Gasteiger partial charge is 0.357 e. The van der Waals surface area contributed by atoms with E-state index in [1.54, 1.807) is 5.38 Å². The van der Waals surface area contributed by atoms with Gasteiger partial charge in [0.1, 0.15) is 0 Å². The average molecular weight is 244 g/mol. The number of carbonyl (C=O) groups is 1. The third-order valence-electron chi connectivity index (χ3n) is 2.16. The molecule has 1 fully saturated rings. The van der Waals surface area contributed by atoms with Crippen LogP contribution in [-0.4, -0.2) is 35.6 Å². The standard InChI is InChI=1S/C9H12N2O2S2/c1-13-8(12)7-5-15-9(11-7)10-6-2-3-14-4-6/h5-6H,2-4H2,1H3,(H,10,11). The molecule has 0 spiro atoms. The first-order chi connectivity index (χ1) is 7.29. The zero-order chi connectivity index (χ0) is 10.7. The molecule has 1 aromatic rings. The van der Waals surface area contributed by atoms with Crippen molar-refractivity contribution in [2.24, 2.45) is 0 Å². The molecule has 1 unspecified atom stereocenters. The molecule has 1 aliphatic rings. The largest absolute Gasteiger partial charge is 0.464 e. The van der Waals surface area contributed by atoms with Gasteiger partial charge in [0.15, 0.2) is 10.8 Å². The van der Waals surface area contributed by atoms with Crippen molar-refractivity contribution in [1.82, 2.24) is 4.98 Å². The molecule has 1 N–H and O–H groups in total. The van der Waals surface area contributed by atoms with E-state index in [2.05, 4.69) is 15.0 Å². The van der Waals surface area contributed by atoms with Gasteiger partial charge in [-0.3, -0.25) is 0 Å². The molecule has 0 radical (unpaired) electrons. The van der Waals surface area contributed by atoms with E-state index in [1.807, 2.05) is 11.8 Å². The highest BCUT2D eigenvalue weighted by molar-refractivity contribution is 7.99. The molecule has 0 aromatic carbocycles. The first-order valence-electron chi connectivity index (χ1n) is 4.67. The number of hydrogen-bond donors (Lipinski definition) is 1. The summed E-state index contributed by atoms with van der Waals surface area (Å²) in [5, 5.41) is 5.85. The van der Waals surface area contributed by atoms with Gasteiger partial charge in [0.05, 0.1) is 7.11 Å². The lowest BCUT2D eigenvalue weighted by Crippen LogP contribution is -2.18. The van der Waals surface area contributed by atoms with Gasteiger partial charge >= 0.3 is 5.97 Å². The monoisotopic (exact) mass is 244 g/mol. The molecule has 1 aromatic heterocycles. The minimum atomic E-state index is -0.375. The molecule has 1 aliphatic heterocycles. The Morgan fingerprint density at radius 1 is 1.73 bits per heavy atom. The molecule has 82 valence electrons. The Kier molecular flexibility index (Phi) is 3.48. The van der Waals surface area contributed by atoms with Crippen LogP contribution < -0.4 is 5.32 Å².